The second-order valence-electron chi connectivity index (χ2n) is 6.02. The lowest BCUT2D eigenvalue weighted by atomic mass is 10.0. The minimum atomic E-state index is 0.0763. The Bertz CT molecular complexity index is 931. The summed E-state index contributed by atoms with van der Waals surface area (Å²) in [6.45, 7) is 1.76. The number of nitrogens with zero attached hydrogens (tertiary/aromatic N) is 4. The predicted octanol–water partition coefficient (Wildman–Crippen LogP) is 3.40. The Morgan fingerprint density at radius 2 is 1.92 bits per heavy atom. The van der Waals surface area contributed by atoms with Crippen LogP contribution in [0.15, 0.2) is 58.2 Å². The van der Waals surface area contributed by atoms with Crippen LogP contribution >= 0.6 is 15.9 Å². The van der Waals surface area contributed by atoms with Crippen molar-refractivity contribution < 1.29 is 0 Å². The topological polar surface area (TPSA) is 51.0 Å². The first kappa shape index (κ1) is 15.3. The van der Waals surface area contributed by atoms with Crippen molar-refractivity contribution in [2.24, 2.45) is 0 Å². The first-order chi connectivity index (χ1) is 11.7. The number of pyridine rings is 1. The minimum Gasteiger partial charge on any atom is -0.356 e. The van der Waals surface area contributed by atoms with E-state index in [4.69, 9.17) is 0 Å². The summed E-state index contributed by atoms with van der Waals surface area (Å²) in [6, 6.07) is 11.7. The SMILES string of the molecule is O=c1ccccn1C1CCN(c2ncnc3ccc(Br)cc23)CC1. The maximum absolute atomic E-state index is 12.0. The molecule has 0 N–H and O–H groups in total. The van der Waals surface area contributed by atoms with Gasteiger partial charge in [-0.1, -0.05) is 22.0 Å². The Hall–Kier alpha value is -2.21. The lowest BCUT2D eigenvalue weighted by Crippen LogP contribution is -2.37. The summed E-state index contributed by atoms with van der Waals surface area (Å²) >= 11 is 3.53. The Balaban J connectivity index is 1.59. The average molecular weight is 385 g/mol. The Labute approximate surface area is 148 Å². The summed E-state index contributed by atoms with van der Waals surface area (Å²) in [5, 5.41) is 1.06. The maximum atomic E-state index is 12.0. The van der Waals surface area contributed by atoms with Gasteiger partial charge in [0.1, 0.15) is 12.1 Å². The zero-order chi connectivity index (χ0) is 16.5. The van der Waals surface area contributed by atoms with Crippen LogP contribution in [0.3, 0.4) is 0 Å². The molecule has 0 amide bonds. The first-order valence-electron chi connectivity index (χ1n) is 8.05. The predicted molar refractivity (Wildman–Crippen MR) is 98.4 cm³/mol. The van der Waals surface area contributed by atoms with Gasteiger partial charge in [0.2, 0.25) is 0 Å². The van der Waals surface area contributed by atoms with Crippen molar-refractivity contribution in [3.05, 3.63) is 63.7 Å². The number of hydrogen-bond acceptors (Lipinski definition) is 4. The van der Waals surface area contributed by atoms with E-state index in [-0.39, 0.29) is 11.6 Å². The van der Waals surface area contributed by atoms with Gasteiger partial charge in [0.15, 0.2) is 0 Å². The van der Waals surface area contributed by atoms with E-state index < -0.39 is 0 Å². The van der Waals surface area contributed by atoms with Crippen molar-refractivity contribution in [3.63, 3.8) is 0 Å². The van der Waals surface area contributed by atoms with E-state index in [9.17, 15) is 4.79 Å². The van der Waals surface area contributed by atoms with E-state index >= 15 is 0 Å². The van der Waals surface area contributed by atoms with Gasteiger partial charge in [-0.3, -0.25) is 4.79 Å². The molecule has 122 valence electrons. The zero-order valence-corrected chi connectivity index (χ0v) is 14.7. The maximum Gasteiger partial charge on any atom is 0.250 e. The average Bonchev–Trinajstić information content (AvgIpc) is 2.62. The molecule has 3 heterocycles. The van der Waals surface area contributed by atoms with E-state index in [2.05, 4.69) is 36.9 Å². The van der Waals surface area contributed by atoms with Gasteiger partial charge in [0.25, 0.3) is 5.56 Å². The molecule has 3 aromatic rings. The van der Waals surface area contributed by atoms with Gasteiger partial charge in [-0.25, -0.2) is 9.97 Å². The summed E-state index contributed by atoms with van der Waals surface area (Å²) in [7, 11) is 0. The molecule has 0 atom stereocenters. The van der Waals surface area contributed by atoms with Gasteiger partial charge in [0, 0.05) is 41.3 Å². The van der Waals surface area contributed by atoms with E-state index in [1.165, 1.54) is 0 Å². The van der Waals surface area contributed by atoms with Crippen molar-refractivity contribution in [1.82, 2.24) is 14.5 Å². The van der Waals surface area contributed by atoms with Gasteiger partial charge in [-0.15, -0.1) is 0 Å². The van der Waals surface area contributed by atoms with Crippen LogP contribution in [0.2, 0.25) is 0 Å². The fourth-order valence-electron chi connectivity index (χ4n) is 3.36. The highest BCUT2D eigenvalue weighted by atomic mass is 79.9. The largest absolute Gasteiger partial charge is 0.356 e. The van der Waals surface area contributed by atoms with Crippen LogP contribution in [0.5, 0.6) is 0 Å². The number of anilines is 1. The molecule has 0 radical (unpaired) electrons. The van der Waals surface area contributed by atoms with Gasteiger partial charge >= 0.3 is 0 Å². The third kappa shape index (κ3) is 2.82. The lowest BCUT2D eigenvalue weighted by molar-refractivity contribution is 0.387. The highest BCUT2D eigenvalue weighted by Gasteiger charge is 2.23. The molecule has 4 rings (SSSR count). The molecule has 0 spiro atoms. The number of benzene rings is 1. The molecule has 0 aliphatic carbocycles. The normalized spacial score (nSPS) is 15.8. The number of fused-ring (bicyclic) bond motifs is 1. The summed E-state index contributed by atoms with van der Waals surface area (Å²) in [5.74, 6) is 0.972. The van der Waals surface area contributed by atoms with Gasteiger partial charge in [-0.2, -0.15) is 0 Å². The van der Waals surface area contributed by atoms with Gasteiger partial charge in [0.05, 0.1) is 5.52 Å². The number of halogens is 1. The fraction of sp³-hybridized carbons (Fsp3) is 0.278. The molecule has 1 aliphatic rings. The van der Waals surface area contributed by atoms with Crippen LogP contribution < -0.4 is 10.5 Å². The molecule has 0 bridgehead atoms. The standard InChI is InChI=1S/C18H17BrN4O/c19-13-4-5-16-15(11-13)18(21-12-20-16)22-9-6-14(7-10-22)23-8-2-1-3-17(23)24/h1-5,8,11-12,14H,6-7,9-10H2. The summed E-state index contributed by atoms with van der Waals surface area (Å²) in [6.07, 6.45) is 5.38. The quantitative estimate of drug-likeness (QED) is 0.679. The van der Waals surface area contributed by atoms with Crippen molar-refractivity contribution in [1.29, 1.82) is 0 Å². The molecule has 1 aliphatic heterocycles. The summed E-state index contributed by atoms with van der Waals surface area (Å²) in [4.78, 5) is 23.2. The van der Waals surface area contributed by atoms with Crippen LogP contribution in [-0.2, 0) is 0 Å². The number of piperidine rings is 1. The zero-order valence-electron chi connectivity index (χ0n) is 13.1. The third-order valence-electron chi connectivity index (χ3n) is 4.58. The monoisotopic (exact) mass is 384 g/mol. The number of aromatic nitrogens is 3. The number of hydrogen-bond donors (Lipinski definition) is 0. The van der Waals surface area contributed by atoms with Crippen molar-refractivity contribution >= 4 is 32.7 Å². The smallest absolute Gasteiger partial charge is 0.250 e. The molecule has 24 heavy (non-hydrogen) atoms. The molecule has 5 nitrogen and oxygen atoms in total. The van der Waals surface area contributed by atoms with Crippen LogP contribution in [0.25, 0.3) is 10.9 Å². The lowest BCUT2D eigenvalue weighted by Gasteiger charge is -2.34. The molecule has 0 unspecified atom stereocenters. The third-order valence-corrected chi connectivity index (χ3v) is 5.08. The number of rotatable bonds is 2. The van der Waals surface area contributed by atoms with Crippen molar-refractivity contribution in [2.45, 2.75) is 18.9 Å². The Kier molecular flexibility index (Phi) is 4.06. The van der Waals surface area contributed by atoms with Crippen LogP contribution in [0.1, 0.15) is 18.9 Å². The molecule has 1 aromatic carbocycles. The van der Waals surface area contributed by atoms with E-state index in [0.29, 0.717) is 0 Å². The summed E-state index contributed by atoms with van der Waals surface area (Å²) in [5.41, 5.74) is 1.02. The minimum absolute atomic E-state index is 0.0763. The van der Waals surface area contributed by atoms with E-state index in [1.54, 1.807) is 18.5 Å². The Morgan fingerprint density at radius 1 is 1.08 bits per heavy atom. The van der Waals surface area contributed by atoms with E-state index in [0.717, 1.165) is 47.1 Å². The highest BCUT2D eigenvalue weighted by molar-refractivity contribution is 9.10. The van der Waals surface area contributed by atoms with Gasteiger partial charge in [-0.05, 0) is 37.1 Å². The summed E-state index contributed by atoms with van der Waals surface area (Å²) < 4.78 is 2.88. The van der Waals surface area contributed by atoms with Crippen molar-refractivity contribution in [3.8, 4) is 0 Å². The second-order valence-corrected chi connectivity index (χ2v) is 6.94. The molecule has 0 saturated carbocycles. The van der Waals surface area contributed by atoms with E-state index in [1.807, 2.05) is 29.0 Å². The molecule has 2 aromatic heterocycles. The van der Waals surface area contributed by atoms with Crippen molar-refractivity contribution in [2.75, 3.05) is 18.0 Å². The molecular formula is C18H17BrN4O. The van der Waals surface area contributed by atoms with Crippen LogP contribution in [0.4, 0.5) is 5.82 Å². The van der Waals surface area contributed by atoms with Gasteiger partial charge < -0.3 is 9.47 Å². The molecule has 1 fully saturated rings. The highest BCUT2D eigenvalue weighted by Crippen LogP contribution is 2.30. The van der Waals surface area contributed by atoms with Crippen LogP contribution in [-0.4, -0.2) is 27.6 Å². The fourth-order valence-corrected chi connectivity index (χ4v) is 3.73. The molecule has 6 heteroatoms. The first-order valence-corrected chi connectivity index (χ1v) is 8.84. The van der Waals surface area contributed by atoms with Crippen LogP contribution in [0, 0.1) is 0 Å². The Morgan fingerprint density at radius 3 is 2.71 bits per heavy atom. The molecule has 1 saturated heterocycles. The molecular weight excluding hydrogens is 368 g/mol. The second kappa shape index (κ2) is 6.36.